The topological polar surface area (TPSA) is 293 Å². The molecule has 9 aromatic heterocycles. The maximum Gasteiger partial charge on any atom is 0.161 e. The fourth-order valence-electron chi connectivity index (χ4n) is 13.1. The van der Waals surface area contributed by atoms with E-state index in [0.29, 0.717) is 53.9 Å². The molecule has 0 bridgehead atoms. The molecular weight excluding hydrogens is 1230 g/mol. The molecule has 0 amide bonds. The quantitative estimate of drug-likeness (QED) is 0.0305. The zero-order chi connectivity index (χ0) is 66.5. The van der Waals surface area contributed by atoms with E-state index in [9.17, 15) is 0 Å². The van der Waals surface area contributed by atoms with Crippen molar-refractivity contribution in [2.75, 3.05) is 41.5 Å². The molecule has 0 atom stereocenters. The van der Waals surface area contributed by atoms with Crippen LogP contribution >= 0.6 is 11.6 Å². The summed E-state index contributed by atoms with van der Waals surface area (Å²) in [6.07, 6.45) is 30.9. The summed E-state index contributed by atoms with van der Waals surface area (Å²) >= 11 is 6.18. The fourth-order valence-corrected chi connectivity index (χ4v) is 13.4. The van der Waals surface area contributed by atoms with E-state index >= 15 is 0 Å². The monoisotopic (exact) mass is 1310 g/mol. The lowest BCUT2D eigenvalue weighted by Crippen LogP contribution is -2.57. The van der Waals surface area contributed by atoms with Gasteiger partial charge < -0.3 is 32.5 Å². The lowest BCUT2D eigenvalue weighted by atomic mass is 9.52. The van der Waals surface area contributed by atoms with Crippen molar-refractivity contribution >= 4 is 29.1 Å². The Hall–Kier alpha value is -10.3. The van der Waals surface area contributed by atoms with Crippen molar-refractivity contribution in [2.45, 2.75) is 69.5 Å². The predicted octanol–water partition coefficient (Wildman–Crippen LogP) is 10.5. The second kappa shape index (κ2) is 28.0. The van der Waals surface area contributed by atoms with E-state index in [4.69, 9.17) is 48.1 Å². The highest BCUT2D eigenvalue weighted by Gasteiger charge is 2.52. The Balaban J connectivity index is 0.000000130. The van der Waals surface area contributed by atoms with Gasteiger partial charge in [0, 0.05) is 169 Å². The van der Waals surface area contributed by atoms with Gasteiger partial charge in [0.25, 0.3) is 0 Å². The molecule has 3 saturated carbocycles. The third kappa shape index (κ3) is 14.5. The SMILES string of the molecule is Cn1cc(-c2cccc(-c3ncc(-c4ccn(C)n4)c(NC4CC(CN)(CCl)C4)n3)c2)cn1.Cn1cc(-c2cccc(-c3ncc(-c4ccn(C)n4)c(NC4CC5(CC(N)C5)C4)n3)c2)cn1.Cn1cc(-c2cccc(-c3ncc(-c4ccn(C)n4)c(NCCCCO)n3)c2)cn1. The van der Waals surface area contributed by atoms with Crippen molar-refractivity contribution in [3.63, 3.8) is 0 Å². The van der Waals surface area contributed by atoms with E-state index in [1.807, 2.05) is 176 Å². The maximum atomic E-state index is 9.04. The summed E-state index contributed by atoms with van der Waals surface area (Å²) < 4.78 is 10.7. The van der Waals surface area contributed by atoms with Crippen LogP contribution in [0.2, 0.25) is 0 Å². The number of nitrogens with zero attached hydrogens (tertiary/aromatic N) is 18. The van der Waals surface area contributed by atoms with Crippen LogP contribution in [0.25, 0.3) is 101 Å². The molecule has 492 valence electrons. The van der Waals surface area contributed by atoms with Gasteiger partial charge in [0.15, 0.2) is 17.5 Å². The van der Waals surface area contributed by atoms with Crippen molar-refractivity contribution in [1.29, 1.82) is 0 Å². The molecule has 0 aliphatic heterocycles. The molecule has 1 spiro atoms. The van der Waals surface area contributed by atoms with Crippen LogP contribution in [-0.2, 0) is 42.3 Å². The molecule has 96 heavy (non-hydrogen) atoms. The number of aromatic nitrogens is 18. The van der Waals surface area contributed by atoms with Gasteiger partial charge in [-0.25, -0.2) is 29.9 Å². The van der Waals surface area contributed by atoms with Crippen LogP contribution in [0, 0.1) is 10.8 Å². The number of rotatable bonds is 20. The first-order valence-electron chi connectivity index (χ1n) is 32.4. The number of hydrogen-bond donors (Lipinski definition) is 6. The van der Waals surface area contributed by atoms with Gasteiger partial charge in [-0.1, -0.05) is 54.6 Å². The molecule has 3 aromatic carbocycles. The van der Waals surface area contributed by atoms with Crippen LogP contribution in [0.5, 0.6) is 0 Å². The Morgan fingerprint density at radius 2 is 0.865 bits per heavy atom. The number of aliphatic hydroxyl groups excluding tert-OH is 1. The molecule has 3 aliphatic rings. The Morgan fingerprint density at radius 3 is 1.21 bits per heavy atom. The number of benzene rings is 3. The summed E-state index contributed by atoms with van der Waals surface area (Å²) in [4.78, 5) is 28.7. The van der Waals surface area contributed by atoms with E-state index in [0.717, 1.165) is 153 Å². The first-order chi connectivity index (χ1) is 46.6. The number of aryl methyl sites for hydroxylation is 6. The van der Waals surface area contributed by atoms with Crippen molar-refractivity contribution in [3.05, 3.63) is 165 Å². The lowest BCUT2D eigenvalue weighted by molar-refractivity contribution is 0.00112. The van der Waals surface area contributed by atoms with E-state index in [1.165, 1.54) is 0 Å². The number of hydrogen-bond acceptors (Lipinski definition) is 18. The van der Waals surface area contributed by atoms with Crippen LogP contribution in [0.1, 0.15) is 51.4 Å². The third-order valence-electron chi connectivity index (χ3n) is 18.2. The summed E-state index contributed by atoms with van der Waals surface area (Å²) in [5.41, 5.74) is 26.9. The summed E-state index contributed by atoms with van der Waals surface area (Å²) in [6.45, 7) is 1.50. The molecule has 0 unspecified atom stereocenters. The first-order valence-corrected chi connectivity index (χ1v) is 32.9. The van der Waals surface area contributed by atoms with E-state index in [1.54, 1.807) is 23.4 Å². The molecule has 15 rings (SSSR count). The van der Waals surface area contributed by atoms with Gasteiger partial charge in [0.1, 0.15) is 17.5 Å². The zero-order valence-electron chi connectivity index (χ0n) is 54.8. The Labute approximate surface area is 562 Å². The van der Waals surface area contributed by atoms with Gasteiger partial charge in [-0.2, -0.15) is 30.6 Å². The van der Waals surface area contributed by atoms with E-state index in [2.05, 4.69) is 92.9 Å². The largest absolute Gasteiger partial charge is 0.396 e. The average Bonchev–Trinajstić information content (AvgIpc) is 0.781. The normalized spacial score (nSPS) is 18.5. The second-order valence-corrected chi connectivity index (χ2v) is 26.1. The van der Waals surface area contributed by atoms with Crippen LogP contribution in [0.15, 0.2) is 165 Å². The third-order valence-corrected chi connectivity index (χ3v) is 18.8. The van der Waals surface area contributed by atoms with Crippen LogP contribution < -0.4 is 27.4 Å². The number of nitrogens with one attached hydrogen (secondary N) is 3. The highest BCUT2D eigenvalue weighted by Crippen LogP contribution is 2.56. The first kappa shape index (κ1) is 64.4. The average molecular weight is 1310 g/mol. The molecular formula is C71H80ClN23O. The molecule has 3 aliphatic carbocycles. The summed E-state index contributed by atoms with van der Waals surface area (Å²) in [5, 5.41) is 46.2. The molecule has 12 aromatic rings. The highest BCUT2D eigenvalue weighted by molar-refractivity contribution is 6.18. The zero-order valence-corrected chi connectivity index (χ0v) is 55.6. The van der Waals surface area contributed by atoms with Crippen molar-refractivity contribution in [2.24, 2.45) is 64.6 Å². The Bertz CT molecular complexity index is 4620. The van der Waals surface area contributed by atoms with Gasteiger partial charge in [-0.15, -0.1) is 11.6 Å². The highest BCUT2D eigenvalue weighted by atomic mass is 35.5. The van der Waals surface area contributed by atoms with E-state index < -0.39 is 0 Å². The number of nitrogens with two attached hydrogens (primary N) is 2. The number of anilines is 3. The second-order valence-electron chi connectivity index (χ2n) is 25.8. The molecule has 9 heterocycles. The maximum absolute atomic E-state index is 9.04. The summed E-state index contributed by atoms with van der Waals surface area (Å²) in [5.74, 6) is 4.93. The minimum Gasteiger partial charge on any atom is -0.396 e. The summed E-state index contributed by atoms with van der Waals surface area (Å²) in [6, 6.07) is 31.6. The Morgan fingerprint density at radius 1 is 0.479 bits per heavy atom. The predicted molar refractivity (Wildman–Crippen MR) is 376 cm³/mol. The van der Waals surface area contributed by atoms with Crippen molar-refractivity contribution in [1.82, 2.24) is 88.6 Å². The van der Waals surface area contributed by atoms with Crippen LogP contribution in [-0.4, -0.2) is 137 Å². The number of aliphatic hydroxyl groups is 1. The van der Waals surface area contributed by atoms with Crippen LogP contribution in [0.3, 0.4) is 0 Å². The fraction of sp³-hybridized carbons (Fsp3) is 0.324. The molecule has 24 nitrogen and oxygen atoms in total. The summed E-state index contributed by atoms with van der Waals surface area (Å²) in [7, 11) is 11.4. The number of halogens is 1. The van der Waals surface area contributed by atoms with Crippen molar-refractivity contribution in [3.8, 4) is 101 Å². The number of unbranched alkanes of at least 4 members (excludes halogenated alkanes) is 1. The van der Waals surface area contributed by atoms with Gasteiger partial charge in [0.2, 0.25) is 0 Å². The Kier molecular flexibility index (Phi) is 18.8. The lowest BCUT2D eigenvalue weighted by Gasteiger charge is -2.57. The molecule has 8 N–H and O–H groups in total. The molecule has 0 saturated heterocycles. The molecule has 0 radical (unpaired) electrons. The molecule has 25 heteroatoms. The smallest absolute Gasteiger partial charge is 0.161 e. The van der Waals surface area contributed by atoms with Gasteiger partial charge >= 0.3 is 0 Å². The van der Waals surface area contributed by atoms with Crippen LogP contribution in [0.4, 0.5) is 17.5 Å². The van der Waals surface area contributed by atoms with Gasteiger partial charge in [0.05, 0.1) is 52.4 Å². The standard InChI is InChI=1S/C25H28N8.C24H27ClN8.C22H25N7O/c1-32-7-6-22(31-32)21-14-27-23(17-5-3-4-16(8-17)18-13-28-33(2)15-18)30-24(21)29-20-11-25(12-20)9-19(26)10-25;1-32-7-6-21(31-32)20-12-27-22(30-23(20)29-19-9-24(10-19,14-25)15-26)17-5-3-4-16(8-17)18-11-28-33(2)13-18;1-28-10-8-20(27-28)19-14-24-21(26-22(19)23-9-3-4-11-30)17-7-5-6-16(12-17)18-13-25-29(2)15-18/h3-8,13-15,19-20H,9-12,26H2,1-2H3,(H,27,29,30);3-8,11-13,19H,9-10,14-15,26H2,1-2H3,(H,27,29,30);5-8,10,12-15,30H,3-4,9,11H2,1-2H3,(H,23,24,26). The van der Waals surface area contributed by atoms with E-state index in [-0.39, 0.29) is 18.1 Å². The minimum atomic E-state index is 0.0122. The minimum absolute atomic E-state index is 0.0122. The van der Waals surface area contributed by atoms with Crippen molar-refractivity contribution < 1.29 is 5.11 Å². The molecule has 3 fully saturated rings. The van der Waals surface area contributed by atoms with Gasteiger partial charge in [-0.05, 0) is 122 Å². The number of alkyl halides is 1. The van der Waals surface area contributed by atoms with Gasteiger partial charge in [-0.3, -0.25) is 28.1 Å².